The minimum Gasteiger partial charge on any atom is -0.392 e. The molecule has 2 atom stereocenters. The van der Waals surface area contributed by atoms with Crippen LogP contribution in [0.25, 0.3) is 0 Å². The highest BCUT2D eigenvalue weighted by Crippen LogP contribution is 2.28. The zero-order valence-corrected chi connectivity index (χ0v) is 7.70. The lowest BCUT2D eigenvalue weighted by atomic mass is 10.1. The molecular weight excluding hydrogens is 152 g/mol. The second-order valence-corrected chi connectivity index (χ2v) is 3.25. The molecule has 0 radical (unpaired) electrons. The fourth-order valence-corrected chi connectivity index (χ4v) is 1.35. The van der Waals surface area contributed by atoms with Gasteiger partial charge in [0.1, 0.15) is 6.10 Å². The summed E-state index contributed by atoms with van der Waals surface area (Å²) in [6.07, 6.45) is 9.47. The zero-order chi connectivity index (χ0) is 8.81. The summed E-state index contributed by atoms with van der Waals surface area (Å²) in [5, 5.41) is 8.50. The standard InChI is InChI=1S/C10H18O2/c1-2-3-4-6-9-10(12-9)7-5-8-11/h5,7,9-11H,2-4,6,8H2,1H3/b7-5+/t9-,10+/m0/s1. The van der Waals surface area contributed by atoms with Crippen LogP contribution in [0.15, 0.2) is 12.2 Å². The number of aliphatic hydroxyl groups excluding tert-OH is 1. The lowest BCUT2D eigenvalue weighted by Gasteiger charge is -1.92. The predicted octanol–water partition coefficient (Wildman–Crippen LogP) is 1.88. The lowest BCUT2D eigenvalue weighted by Crippen LogP contribution is -1.90. The molecule has 1 N–H and O–H groups in total. The van der Waals surface area contributed by atoms with Crippen LogP contribution in [0.5, 0.6) is 0 Å². The molecule has 2 heteroatoms. The normalized spacial score (nSPS) is 28.2. The van der Waals surface area contributed by atoms with Gasteiger partial charge in [0.2, 0.25) is 0 Å². The van der Waals surface area contributed by atoms with Crippen LogP contribution in [0.2, 0.25) is 0 Å². The van der Waals surface area contributed by atoms with E-state index in [1.165, 1.54) is 25.7 Å². The molecule has 0 unspecified atom stereocenters. The van der Waals surface area contributed by atoms with Gasteiger partial charge in [-0.15, -0.1) is 0 Å². The summed E-state index contributed by atoms with van der Waals surface area (Å²) in [6.45, 7) is 2.33. The fraction of sp³-hybridized carbons (Fsp3) is 0.800. The Morgan fingerprint density at radius 1 is 1.42 bits per heavy atom. The van der Waals surface area contributed by atoms with Crippen LogP contribution in [-0.4, -0.2) is 23.9 Å². The van der Waals surface area contributed by atoms with Crippen LogP contribution in [-0.2, 0) is 4.74 Å². The fourth-order valence-electron chi connectivity index (χ4n) is 1.35. The number of hydrogen-bond acceptors (Lipinski definition) is 2. The zero-order valence-electron chi connectivity index (χ0n) is 7.70. The molecular formula is C10H18O2. The Morgan fingerprint density at radius 2 is 2.25 bits per heavy atom. The molecule has 0 amide bonds. The first-order valence-electron chi connectivity index (χ1n) is 4.81. The first-order valence-corrected chi connectivity index (χ1v) is 4.81. The third-order valence-corrected chi connectivity index (χ3v) is 2.15. The Balaban J connectivity index is 1.97. The van der Waals surface area contributed by atoms with Crippen LogP contribution in [0.4, 0.5) is 0 Å². The summed E-state index contributed by atoms with van der Waals surface area (Å²) in [4.78, 5) is 0. The van der Waals surface area contributed by atoms with Crippen LogP contribution < -0.4 is 0 Å². The topological polar surface area (TPSA) is 32.8 Å². The van der Waals surface area contributed by atoms with Gasteiger partial charge in [-0.3, -0.25) is 0 Å². The van der Waals surface area contributed by atoms with Gasteiger partial charge in [-0.05, 0) is 6.42 Å². The van der Waals surface area contributed by atoms with Crippen molar-refractivity contribution >= 4 is 0 Å². The molecule has 0 aliphatic carbocycles. The van der Waals surface area contributed by atoms with Gasteiger partial charge in [-0.1, -0.05) is 38.3 Å². The van der Waals surface area contributed by atoms with Crippen molar-refractivity contribution in [2.75, 3.05) is 6.61 Å². The second kappa shape index (κ2) is 5.33. The van der Waals surface area contributed by atoms with Gasteiger partial charge >= 0.3 is 0 Å². The average molecular weight is 170 g/mol. The Hall–Kier alpha value is -0.340. The molecule has 0 aromatic heterocycles. The molecule has 0 aromatic rings. The maximum Gasteiger partial charge on any atom is 0.102 e. The van der Waals surface area contributed by atoms with Gasteiger partial charge in [0.25, 0.3) is 0 Å². The molecule has 1 saturated heterocycles. The van der Waals surface area contributed by atoms with Crippen molar-refractivity contribution in [2.24, 2.45) is 0 Å². The second-order valence-electron chi connectivity index (χ2n) is 3.25. The van der Waals surface area contributed by atoms with E-state index in [1.54, 1.807) is 6.08 Å². The molecule has 1 heterocycles. The quantitative estimate of drug-likeness (QED) is 0.375. The molecule has 0 bridgehead atoms. The number of ether oxygens (including phenoxy) is 1. The van der Waals surface area contributed by atoms with E-state index in [1.807, 2.05) is 6.08 Å². The number of aliphatic hydroxyl groups is 1. The minimum atomic E-state index is 0.127. The smallest absolute Gasteiger partial charge is 0.102 e. The molecule has 2 nitrogen and oxygen atoms in total. The van der Waals surface area contributed by atoms with Crippen molar-refractivity contribution in [3.63, 3.8) is 0 Å². The van der Waals surface area contributed by atoms with Crippen molar-refractivity contribution in [1.29, 1.82) is 0 Å². The van der Waals surface area contributed by atoms with Gasteiger partial charge in [0, 0.05) is 0 Å². The first kappa shape index (κ1) is 9.75. The third kappa shape index (κ3) is 3.37. The first-order chi connectivity index (χ1) is 5.88. The number of rotatable bonds is 6. The molecule has 1 rings (SSSR count). The number of epoxide rings is 1. The monoisotopic (exact) mass is 170 g/mol. The SMILES string of the molecule is CCCCC[C@@H]1O[C@@H]1/C=C/CO. The van der Waals surface area contributed by atoms with Crippen LogP contribution in [0, 0.1) is 0 Å². The molecule has 1 fully saturated rings. The van der Waals surface area contributed by atoms with E-state index in [4.69, 9.17) is 9.84 Å². The predicted molar refractivity (Wildman–Crippen MR) is 49.0 cm³/mol. The highest BCUT2D eigenvalue weighted by atomic mass is 16.6. The van der Waals surface area contributed by atoms with Gasteiger partial charge in [0.15, 0.2) is 0 Å². The van der Waals surface area contributed by atoms with Crippen molar-refractivity contribution < 1.29 is 9.84 Å². The van der Waals surface area contributed by atoms with E-state index in [0.717, 1.165) is 0 Å². The van der Waals surface area contributed by atoms with E-state index in [-0.39, 0.29) is 6.61 Å². The number of unbranched alkanes of at least 4 members (excludes halogenated alkanes) is 2. The van der Waals surface area contributed by atoms with Crippen LogP contribution in [0.1, 0.15) is 32.6 Å². The summed E-state index contributed by atoms with van der Waals surface area (Å²) in [6, 6.07) is 0. The van der Waals surface area contributed by atoms with Crippen molar-refractivity contribution in [3.05, 3.63) is 12.2 Å². The largest absolute Gasteiger partial charge is 0.392 e. The van der Waals surface area contributed by atoms with E-state index in [0.29, 0.717) is 12.2 Å². The van der Waals surface area contributed by atoms with Crippen molar-refractivity contribution in [2.45, 2.75) is 44.8 Å². The van der Waals surface area contributed by atoms with Gasteiger partial charge in [-0.25, -0.2) is 0 Å². The van der Waals surface area contributed by atoms with Gasteiger partial charge in [0.05, 0.1) is 12.7 Å². The third-order valence-electron chi connectivity index (χ3n) is 2.15. The van der Waals surface area contributed by atoms with Crippen LogP contribution >= 0.6 is 0 Å². The highest BCUT2D eigenvalue weighted by Gasteiger charge is 2.35. The van der Waals surface area contributed by atoms with E-state index in [9.17, 15) is 0 Å². The summed E-state index contributed by atoms with van der Waals surface area (Å²) in [7, 11) is 0. The van der Waals surface area contributed by atoms with E-state index >= 15 is 0 Å². The van der Waals surface area contributed by atoms with E-state index < -0.39 is 0 Å². The summed E-state index contributed by atoms with van der Waals surface area (Å²) in [5.74, 6) is 0. The molecule has 12 heavy (non-hydrogen) atoms. The molecule has 0 aromatic carbocycles. The Labute approximate surface area is 74.2 Å². The van der Waals surface area contributed by atoms with Gasteiger partial charge < -0.3 is 9.84 Å². The Morgan fingerprint density at radius 3 is 2.92 bits per heavy atom. The molecule has 1 aliphatic rings. The number of hydrogen-bond donors (Lipinski definition) is 1. The van der Waals surface area contributed by atoms with Crippen LogP contribution in [0.3, 0.4) is 0 Å². The van der Waals surface area contributed by atoms with Crippen molar-refractivity contribution in [3.8, 4) is 0 Å². The molecule has 0 saturated carbocycles. The summed E-state index contributed by atoms with van der Waals surface area (Å²) < 4.78 is 5.37. The van der Waals surface area contributed by atoms with Crippen molar-refractivity contribution in [1.82, 2.24) is 0 Å². The lowest BCUT2D eigenvalue weighted by molar-refractivity contribution is 0.340. The highest BCUT2D eigenvalue weighted by molar-refractivity contribution is 5.02. The molecule has 1 aliphatic heterocycles. The average Bonchev–Trinajstić information content (AvgIpc) is 2.81. The molecule has 70 valence electrons. The maximum atomic E-state index is 8.50. The summed E-state index contributed by atoms with van der Waals surface area (Å²) >= 11 is 0. The minimum absolute atomic E-state index is 0.127. The molecule has 0 spiro atoms. The Kier molecular flexibility index (Phi) is 4.33. The van der Waals surface area contributed by atoms with E-state index in [2.05, 4.69) is 6.92 Å². The summed E-state index contributed by atoms with van der Waals surface area (Å²) in [5.41, 5.74) is 0. The Bertz CT molecular complexity index is 143. The maximum absolute atomic E-state index is 8.50. The van der Waals surface area contributed by atoms with Gasteiger partial charge in [-0.2, -0.15) is 0 Å².